The van der Waals surface area contributed by atoms with Gasteiger partial charge in [-0.1, -0.05) is 23.2 Å². The third-order valence-corrected chi connectivity index (χ3v) is 15.8. The minimum absolute atomic E-state index is 0.00307. The largest absolute Gasteiger partial charge is 0.493 e. The lowest BCUT2D eigenvalue weighted by Crippen LogP contribution is -2.53. The molecule has 2 N–H and O–H groups in total. The first-order valence-corrected chi connectivity index (χ1v) is 27.2. The molecule has 2 aliphatic heterocycles. The molecule has 0 bridgehead atoms. The average Bonchev–Trinajstić information content (AvgIpc) is 3.46. The minimum Gasteiger partial charge on any atom is -0.493 e. The number of halogens is 4. The van der Waals surface area contributed by atoms with Gasteiger partial charge in [-0.3, -0.25) is 0 Å². The molecule has 4 aliphatic rings. The van der Waals surface area contributed by atoms with Gasteiger partial charge in [0.2, 0.25) is 0 Å². The molecule has 4 amide bonds. The van der Waals surface area contributed by atoms with Crippen LogP contribution in [0.4, 0.5) is 41.4 Å². The van der Waals surface area contributed by atoms with Crippen LogP contribution in [0.2, 0.25) is 10.0 Å². The molecule has 0 radical (unpaired) electrons. The number of ether oxygens (including phenoxy) is 4. The molecule has 410 valence electrons. The van der Waals surface area contributed by atoms with Crippen molar-refractivity contribution < 1.29 is 37.3 Å². The summed E-state index contributed by atoms with van der Waals surface area (Å²) in [5.41, 5.74) is 2.57. The molecule has 2 saturated heterocycles. The first-order chi connectivity index (χ1) is 37.2. The molecule has 10 rings (SSSR count). The van der Waals surface area contributed by atoms with Gasteiger partial charge in [0.05, 0.1) is 47.5 Å². The Labute approximate surface area is 458 Å². The summed E-state index contributed by atoms with van der Waals surface area (Å²) in [4.78, 5) is 53.5. The Morgan fingerprint density at radius 3 is 1.38 bits per heavy atom. The topological polar surface area (TPSA) is 163 Å². The van der Waals surface area contributed by atoms with Crippen molar-refractivity contribution in [2.24, 2.45) is 0 Å². The smallest absolute Gasteiger partial charge is 0.320 e. The average molecular weight is 1100 g/mol. The van der Waals surface area contributed by atoms with E-state index in [-0.39, 0.29) is 46.4 Å². The molecule has 2 aromatic heterocycles. The first kappa shape index (κ1) is 55.1. The van der Waals surface area contributed by atoms with Crippen LogP contribution in [0.5, 0.6) is 23.0 Å². The van der Waals surface area contributed by atoms with E-state index in [9.17, 15) is 18.4 Å². The summed E-state index contributed by atoms with van der Waals surface area (Å²) in [5.74, 6) is 2.51. The van der Waals surface area contributed by atoms with Crippen LogP contribution in [0.25, 0.3) is 21.8 Å². The highest BCUT2D eigenvalue weighted by atomic mass is 35.5. The van der Waals surface area contributed by atoms with Gasteiger partial charge < -0.3 is 54.1 Å². The highest BCUT2D eigenvalue weighted by Crippen LogP contribution is 2.40. The number of anilines is 4. The Morgan fingerprint density at radius 2 is 0.974 bits per heavy atom. The van der Waals surface area contributed by atoms with Crippen LogP contribution >= 0.6 is 23.2 Å². The Balaban J connectivity index is 0.000000188. The highest BCUT2D eigenvalue weighted by molar-refractivity contribution is 6.31. The Kier molecular flexibility index (Phi) is 18.0. The predicted octanol–water partition coefficient (Wildman–Crippen LogP) is 11.6. The predicted molar refractivity (Wildman–Crippen MR) is 296 cm³/mol. The number of benzene rings is 4. The molecule has 6 aromatic rings. The molecule has 2 saturated carbocycles. The highest BCUT2D eigenvalue weighted by Gasteiger charge is 2.33. The number of hydrogen-bond donors (Lipinski definition) is 2. The van der Waals surface area contributed by atoms with Gasteiger partial charge in [-0.15, -0.1) is 0 Å². The Bertz CT molecular complexity index is 3020. The second-order valence-corrected chi connectivity index (χ2v) is 21.0. The number of amides is 4. The molecule has 17 nitrogen and oxygen atoms in total. The van der Waals surface area contributed by atoms with Gasteiger partial charge in [0, 0.05) is 99.7 Å². The zero-order chi connectivity index (χ0) is 54.2. The van der Waals surface area contributed by atoms with Crippen LogP contribution in [0.3, 0.4) is 0 Å². The van der Waals surface area contributed by atoms with Crippen molar-refractivity contribution in [1.29, 1.82) is 0 Å². The van der Waals surface area contributed by atoms with Crippen molar-refractivity contribution in [3.63, 3.8) is 0 Å². The van der Waals surface area contributed by atoms with Crippen LogP contribution in [0.15, 0.2) is 73.3 Å². The number of urea groups is 2. The second kappa shape index (κ2) is 25.2. The summed E-state index contributed by atoms with van der Waals surface area (Å²) in [5, 5.41) is 7.92. The molecule has 2 aliphatic carbocycles. The number of piperidine rings is 1. The molecule has 21 heteroatoms. The molecular formula is C56H67Cl2F2N11O6. The number of aromatic nitrogens is 4. The lowest BCUT2D eigenvalue weighted by Gasteiger charge is -2.39. The maximum absolute atomic E-state index is 13.6. The van der Waals surface area contributed by atoms with Crippen molar-refractivity contribution in [3.05, 3.63) is 95.0 Å². The number of hydrogen-bond acceptors (Lipinski definition) is 13. The van der Waals surface area contributed by atoms with Gasteiger partial charge in [-0.25, -0.2) is 38.3 Å². The third-order valence-electron chi connectivity index (χ3n) is 15.2. The summed E-state index contributed by atoms with van der Waals surface area (Å²) in [6, 6.07) is 16.9. The van der Waals surface area contributed by atoms with Gasteiger partial charge in [0.25, 0.3) is 0 Å². The van der Waals surface area contributed by atoms with E-state index in [1.165, 1.54) is 43.3 Å². The van der Waals surface area contributed by atoms with E-state index < -0.39 is 11.6 Å². The third kappa shape index (κ3) is 13.4. The summed E-state index contributed by atoms with van der Waals surface area (Å²) < 4.78 is 51.3. The second-order valence-electron chi connectivity index (χ2n) is 20.2. The number of nitrogens with zero attached hydrogens (tertiary/aromatic N) is 9. The molecule has 4 fully saturated rings. The summed E-state index contributed by atoms with van der Waals surface area (Å²) in [6.07, 6.45) is 13.2. The van der Waals surface area contributed by atoms with Crippen LogP contribution < -0.4 is 29.6 Å². The normalized spacial score (nSPS) is 19.9. The van der Waals surface area contributed by atoms with E-state index in [1.807, 2.05) is 58.0 Å². The summed E-state index contributed by atoms with van der Waals surface area (Å²) >= 11 is 11.9. The SMILES string of the molecule is COc1cc2ncnc(Nc3ccc(F)c(Cl)c3)c2cc1OC1CCC(N(C)C(=O)N2CCCCC2)CC1.COc1cc2ncnc(Nc3ccc(F)c(Cl)c3)c2cc1OC1CCC(N(C)C(=O)N2CCN(C)CC2)CC1. The number of piperazine rings is 1. The number of methoxy groups -OCH3 is 2. The number of likely N-dealkylation sites (N-methyl/N-ethyl adjacent to an activating group) is 1. The Morgan fingerprint density at radius 1 is 0.558 bits per heavy atom. The van der Waals surface area contributed by atoms with Gasteiger partial charge in [-0.05, 0) is 126 Å². The van der Waals surface area contributed by atoms with E-state index in [1.54, 1.807) is 26.4 Å². The number of fused-ring (bicyclic) bond motifs is 2. The van der Waals surface area contributed by atoms with E-state index in [4.69, 9.17) is 42.1 Å². The first-order valence-electron chi connectivity index (χ1n) is 26.4. The number of carbonyl (C=O) groups is 2. The fraction of sp³-hybridized carbons (Fsp3) is 0.464. The van der Waals surface area contributed by atoms with Crippen molar-refractivity contribution in [2.75, 3.05) is 85.3 Å². The van der Waals surface area contributed by atoms with Crippen molar-refractivity contribution >= 4 is 80.1 Å². The molecule has 4 heterocycles. The fourth-order valence-electron chi connectivity index (χ4n) is 10.6. The number of nitrogens with one attached hydrogen (secondary N) is 2. The zero-order valence-electron chi connectivity index (χ0n) is 44.2. The molecule has 77 heavy (non-hydrogen) atoms. The monoisotopic (exact) mass is 1100 g/mol. The maximum atomic E-state index is 13.6. The maximum Gasteiger partial charge on any atom is 0.320 e. The molecule has 4 aromatic carbocycles. The minimum atomic E-state index is -0.486. The van der Waals surface area contributed by atoms with Crippen LogP contribution in [-0.2, 0) is 0 Å². The van der Waals surface area contributed by atoms with Crippen molar-refractivity contribution in [1.82, 2.24) is 44.4 Å². The molecule has 0 spiro atoms. The molecule has 0 unspecified atom stereocenters. The van der Waals surface area contributed by atoms with E-state index in [0.29, 0.717) is 57.0 Å². The van der Waals surface area contributed by atoms with Gasteiger partial charge in [0.15, 0.2) is 23.0 Å². The number of carbonyl (C=O) groups excluding carboxylic acids is 2. The lowest BCUT2D eigenvalue weighted by atomic mass is 9.92. The molecular weight excluding hydrogens is 1030 g/mol. The Hall–Kier alpha value is -6.70. The fourth-order valence-corrected chi connectivity index (χ4v) is 10.9. The number of rotatable bonds is 12. The summed E-state index contributed by atoms with van der Waals surface area (Å²) in [6.45, 7) is 5.08. The quantitative estimate of drug-likeness (QED) is 0.119. The lowest BCUT2D eigenvalue weighted by molar-refractivity contribution is 0.0845. The van der Waals surface area contributed by atoms with Gasteiger partial charge >= 0.3 is 12.1 Å². The number of likely N-dealkylation sites (tertiary alicyclic amines) is 1. The summed E-state index contributed by atoms with van der Waals surface area (Å²) in [7, 11) is 9.14. The van der Waals surface area contributed by atoms with Gasteiger partial charge in [-0.2, -0.15) is 0 Å². The van der Waals surface area contributed by atoms with Crippen molar-refractivity contribution in [2.45, 2.75) is 94.9 Å². The van der Waals surface area contributed by atoms with Gasteiger partial charge in [0.1, 0.15) is 35.9 Å². The standard InChI is InChI=1S/C28H34ClFN6O3.C28H33ClFN5O3/c1-34-10-12-36(13-11-34)28(37)35(2)19-5-7-20(8-6-19)39-26-15-21-24(16-25(26)38-3)31-17-32-27(21)33-18-4-9-23(30)22(29)14-18;1-34(28(36)35-12-4-3-5-13-35)19-7-9-20(10-8-19)38-26-15-21-24(16-25(26)37-2)31-17-32-27(21)33-18-6-11-23(30)22(29)14-18/h4,9,14-17,19-20H,5-8,10-13H2,1-3H3,(H,31,32,33);6,11,14-17,19-20H,3-5,7-10,12-13H2,1-2H3,(H,31,32,33). The van der Waals surface area contributed by atoms with Crippen LogP contribution in [0, 0.1) is 11.6 Å². The van der Waals surface area contributed by atoms with Crippen LogP contribution in [0.1, 0.15) is 70.6 Å². The van der Waals surface area contributed by atoms with E-state index in [0.717, 1.165) is 114 Å². The van der Waals surface area contributed by atoms with Crippen molar-refractivity contribution in [3.8, 4) is 23.0 Å². The van der Waals surface area contributed by atoms with E-state index in [2.05, 4.69) is 42.5 Å². The van der Waals surface area contributed by atoms with Crippen LogP contribution in [-0.4, -0.2) is 155 Å². The molecule has 0 atom stereocenters. The van der Waals surface area contributed by atoms with E-state index >= 15 is 0 Å². The zero-order valence-corrected chi connectivity index (χ0v) is 45.8.